The predicted molar refractivity (Wildman–Crippen MR) is 138 cm³/mol. The number of morpholine rings is 1. The largest absolute Gasteiger partial charge is 0.365 e. The van der Waals surface area contributed by atoms with Crippen molar-refractivity contribution in [3.8, 4) is 0 Å². The number of benzene rings is 1. The van der Waals surface area contributed by atoms with Crippen LogP contribution in [0.25, 0.3) is 0 Å². The first-order chi connectivity index (χ1) is 15.4. The zero-order valence-electron chi connectivity index (χ0n) is 19.7. The molecule has 1 aromatic heterocycles. The van der Waals surface area contributed by atoms with E-state index in [9.17, 15) is 4.79 Å². The fraction of sp³-hybridized carbons (Fsp3) is 0.600. The second-order valence-electron chi connectivity index (χ2n) is 9.10. The number of nitrogens with zero attached hydrogens (tertiary/aromatic N) is 2. The lowest BCUT2D eigenvalue weighted by molar-refractivity contribution is -0.145. The Morgan fingerprint density at radius 3 is 2.52 bits per heavy atom. The summed E-state index contributed by atoms with van der Waals surface area (Å²) in [5.74, 6) is 0.573. The summed E-state index contributed by atoms with van der Waals surface area (Å²) in [5, 5.41) is 4.99. The lowest BCUT2D eigenvalue weighted by atomic mass is 9.84. The molecule has 1 aliphatic carbocycles. The summed E-state index contributed by atoms with van der Waals surface area (Å²) >= 11 is 7.94. The van der Waals surface area contributed by atoms with Crippen molar-refractivity contribution in [2.75, 3.05) is 19.7 Å². The van der Waals surface area contributed by atoms with Crippen molar-refractivity contribution in [2.45, 2.75) is 77.0 Å². The minimum absolute atomic E-state index is 0. The fourth-order valence-corrected chi connectivity index (χ4v) is 6.22. The van der Waals surface area contributed by atoms with Gasteiger partial charge in [0.25, 0.3) is 0 Å². The van der Waals surface area contributed by atoms with E-state index in [2.05, 4.69) is 36.2 Å². The summed E-state index contributed by atoms with van der Waals surface area (Å²) in [4.78, 5) is 21.2. The maximum absolute atomic E-state index is 12.5. The molecule has 2 aliphatic rings. The van der Waals surface area contributed by atoms with Gasteiger partial charge < -0.3 is 10.1 Å². The molecule has 0 bridgehead atoms. The molecule has 0 unspecified atom stereocenters. The number of hydrogen-bond acceptors (Lipinski definition) is 5. The van der Waals surface area contributed by atoms with Crippen LogP contribution in [0.4, 0.5) is 0 Å². The third-order valence-corrected chi connectivity index (χ3v) is 8.41. The van der Waals surface area contributed by atoms with E-state index in [1.54, 1.807) is 0 Å². The SMILES string of the molecule is CCNC(=O)[C@H]1CN(C2CCC(c3nc(C)c(C)s3)CC2)[C@@H](Cc2ccc(Cl)cc2)CO1.Cl. The Kier molecular flexibility index (Phi) is 9.60. The Labute approximate surface area is 212 Å². The average Bonchev–Trinajstić information content (AvgIpc) is 3.14. The maximum atomic E-state index is 12.5. The summed E-state index contributed by atoms with van der Waals surface area (Å²) in [6.07, 6.45) is 5.12. The number of amides is 1. The van der Waals surface area contributed by atoms with E-state index in [0.29, 0.717) is 31.7 Å². The van der Waals surface area contributed by atoms with Crippen molar-refractivity contribution in [2.24, 2.45) is 0 Å². The second-order valence-corrected chi connectivity index (χ2v) is 10.8. The number of nitrogens with one attached hydrogen (secondary N) is 1. The maximum Gasteiger partial charge on any atom is 0.250 e. The number of likely N-dealkylation sites (N-methyl/N-ethyl adjacent to an activating group) is 1. The number of halogens is 2. The van der Waals surface area contributed by atoms with E-state index in [1.165, 1.54) is 21.1 Å². The molecule has 1 aliphatic heterocycles. The van der Waals surface area contributed by atoms with Crippen LogP contribution in [0.1, 0.15) is 59.7 Å². The number of thiazole rings is 1. The molecule has 2 fully saturated rings. The van der Waals surface area contributed by atoms with Crippen LogP contribution in [0.15, 0.2) is 24.3 Å². The van der Waals surface area contributed by atoms with Gasteiger partial charge in [0.2, 0.25) is 5.91 Å². The van der Waals surface area contributed by atoms with E-state index in [0.717, 1.165) is 37.1 Å². The van der Waals surface area contributed by atoms with E-state index in [1.807, 2.05) is 30.4 Å². The smallest absolute Gasteiger partial charge is 0.250 e. The van der Waals surface area contributed by atoms with Gasteiger partial charge >= 0.3 is 0 Å². The summed E-state index contributed by atoms with van der Waals surface area (Å²) in [5.41, 5.74) is 2.43. The van der Waals surface area contributed by atoms with Crippen molar-refractivity contribution < 1.29 is 9.53 Å². The van der Waals surface area contributed by atoms with Gasteiger partial charge in [-0.05, 0) is 70.6 Å². The van der Waals surface area contributed by atoms with Crippen molar-refractivity contribution in [1.29, 1.82) is 0 Å². The second kappa shape index (κ2) is 12.0. The summed E-state index contributed by atoms with van der Waals surface area (Å²) in [6, 6.07) is 8.84. The van der Waals surface area contributed by atoms with Gasteiger partial charge in [-0.1, -0.05) is 23.7 Å². The van der Waals surface area contributed by atoms with Crippen molar-refractivity contribution in [3.63, 3.8) is 0 Å². The molecular formula is C25H35Cl2N3O2S. The van der Waals surface area contributed by atoms with Crippen LogP contribution in [-0.4, -0.2) is 53.7 Å². The van der Waals surface area contributed by atoms with Gasteiger partial charge in [-0.3, -0.25) is 9.69 Å². The molecule has 182 valence electrons. The molecule has 1 N–H and O–H groups in total. The molecular weight excluding hydrogens is 477 g/mol. The molecule has 1 saturated heterocycles. The first-order valence-corrected chi connectivity index (χ1v) is 13.0. The summed E-state index contributed by atoms with van der Waals surface area (Å²) in [6.45, 7) is 8.09. The molecule has 2 aromatic rings. The van der Waals surface area contributed by atoms with E-state index in [4.69, 9.17) is 21.3 Å². The first-order valence-electron chi connectivity index (χ1n) is 11.8. The molecule has 0 radical (unpaired) electrons. The lowest BCUT2D eigenvalue weighted by Crippen LogP contribution is -2.58. The zero-order chi connectivity index (χ0) is 22.7. The number of ether oxygens (including phenoxy) is 1. The van der Waals surface area contributed by atoms with Crippen molar-refractivity contribution >= 4 is 41.3 Å². The fourth-order valence-electron chi connectivity index (χ4n) is 5.01. The number of hydrogen-bond donors (Lipinski definition) is 1. The highest BCUT2D eigenvalue weighted by atomic mass is 35.5. The summed E-state index contributed by atoms with van der Waals surface area (Å²) in [7, 11) is 0. The number of rotatable bonds is 6. The normalized spacial score (nSPS) is 25.9. The van der Waals surface area contributed by atoms with E-state index >= 15 is 0 Å². The van der Waals surface area contributed by atoms with Gasteiger partial charge in [0.15, 0.2) is 0 Å². The molecule has 1 aromatic carbocycles. The van der Waals surface area contributed by atoms with Gasteiger partial charge in [0.05, 0.1) is 17.3 Å². The van der Waals surface area contributed by atoms with Gasteiger partial charge in [0, 0.05) is 41.0 Å². The Hall–Kier alpha value is -1.18. The topological polar surface area (TPSA) is 54.5 Å². The van der Waals surface area contributed by atoms with Gasteiger partial charge in [-0.15, -0.1) is 23.7 Å². The molecule has 1 amide bonds. The quantitative estimate of drug-likeness (QED) is 0.570. The molecule has 1 saturated carbocycles. The minimum Gasteiger partial charge on any atom is -0.365 e. The van der Waals surface area contributed by atoms with Crippen LogP contribution >= 0.6 is 35.3 Å². The molecule has 0 spiro atoms. The zero-order valence-corrected chi connectivity index (χ0v) is 22.1. The number of aromatic nitrogens is 1. The monoisotopic (exact) mass is 511 g/mol. The number of carbonyl (C=O) groups excluding carboxylic acids is 1. The summed E-state index contributed by atoms with van der Waals surface area (Å²) < 4.78 is 6.04. The Morgan fingerprint density at radius 2 is 1.91 bits per heavy atom. The van der Waals surface area contributed by atoms with E-state index < -0.39 is 6.10 Å². The molecule has 5 nitrogen and oxygen atoms in total. The van der Waals surface area contributed by atoms with Gasteiger partial charge in [-0.25, -0.2) is 4.98 Å². The first kappa shape index (κ1) is 26.4. The lowest BCUT2D eigenvalue weighted by Gasteiger charge is -2.45. The Bertz CT molecular complexity index is 893. The third kappa shape index (κ3) is 6.49. The Morgan fingerprint density at radius 1 is 1.21 bits per heavy atom. The molecule has 2 atom stereocenters. The van der Waals surface area contributed by atoms with Crippen LogP contribution in [-0.2, 0) is 16.0 Å². The highest BCUT2D eigenvalue weighted by molar-refractivity contribution is 7.11. The standard InChI is InChI=1S/C25H34ClN3O2S.ClH/c1-4-27-24(30)23-14-29(22(15-31-23)13-18-5-9-20(26)10-6-18)21-11-7-19(8-12-21)25-28-16(2)17(3)32-25;/h5-6,9-10,19,21-23H,4,7-8,11-15H2,1-3H3,(H,27,30);1H/t19?,21?,22-,23+;/m0./s1. The van der Waals surface area contributed by atoms with Crippen molar-refractivity contribution in [3.05, 3.63) is 50.4 Å². The van der Waals surface area contributed by atoms with Crippen molar-refractivity contribution in [1.82, 2.24) is 15.2 Å². The average molecular weight is 513 g/mol. The molecule has 33 heavy (non-hydrogen) atoms. The van der Waals surface area contributed by atoms with Crippen LogP contribution in [0, 0.1) is 13.8 Å². The van der Waals surface area contributed by atoms with Crippen LogP contribution in [0.3, 0.4) is 0 Å². The predicted octanol–water partition coefficient (Wildman–Crippen LogP) is 5.31. The number of carbonyl (C=O) groups is 1. The van der Waals surface area contributed by atoms with E-state index in [-0.39, 0.29) is 24.4 Å². The Balaban J connectivity index is 0.00000306. The molecule has 8 heteroatoms. The van der Waals surface area contributed by atoms with Gasteiger partial charge in [-0.2, -0.15) is 0 Å². The van der Waals surface area contributed by atoms with Gasteiger partial charge in [0.1, 0.15) is 6.10 Å². The van der Waals surface area contributed by atoms with Crippen LogP contribution < -0.4 is 5.32 Å². The number of aryl methyl sites for hydroxylation is 2. The highest BCUT2D eigenvalue weighted by Crippen LogP contribution is 2.38. The minimum atomic E-state index is -0.390. The van der Waals surface area contributed by atoms with Crippen LogP contribution in [0.2, 0.25) is 5.02 Å². The van der Waals surface area contributed by atoms with Crippen LogP contribution in [0.5, 0.6) is 0 Å². The third-order valence-electron chi connectivity index (χ3n) is 6.92. The highest BCUT2D eigenvalue weighted by Gasteiger charge is 2.38. The molecule has 4 rings (SSSR count). The molecule has 2 heterocycles.